The van der Waals surface area contributed by atoms with E-state index in [4.69, 9.17) is 0 Å². The molecule has 0 aliphatic heterocycles. The molecule has 0 amide bonds. The minimum absolute atomic E-state index is 1.09. The average Bonchev–Trinajstić information content (AvgIpc) is 2.02. The van der Waals surface area contributed by atoms with Crippen molar-refractivity contribution in [1.82, 2.24) is 0 Å². The highest BCUT2D eigenvalue weighted by Gasteiger charge is 1.68. The first-order valence-electron chi connectivity index (χ1n) is 4.26. The molecule has 0 heteroatoms. The number of hydrogen-bond donors (Lipinski definition) is 0. The van der Waals surface area contributed by atoms with Crippen LogP contribution in [0.25, 0.3) is 0 Å². The van der Waals surface area contributed by atoms with E-state index in [2.05, 4.69) is 19.6 Å². The van der Waals surface area contributed by atoms with E-state index < -0.39 is 0 Å². The molecule has 64 valence electrons. The van der Waals surface area contributed by atoms with Gasteiger partial charge >= 0.3 is 0 Å². The van der Waals surface area contributed by atoms with Crippen LogP contribution in [-0.4, -0.2) is 0 Å². The Labute approximate surface area is 71.3 Å². The fourth-order valence-electron chi connectivity index (χ4n) is 0.434. The Morgan fingerprint density at radius 1 is 1.27 bits per heavy atom. The summed E-state index contributed by atoms with van der Waals surface area (Å²) in [5.41, 5.74) is 1.09. The predicted octanol–water partition coefficient (Wildman–Crippen LogP) is 4.11. The zero-order valence-electron chi connectivity index (χ0n) is 8.22. The van der Waals surface area contributed by atoms with Crippen molar-refractivity contribution in [2.75, 3.05) is 0 Å². The van der Waals surface area contributed by atoms with E-state index >= 15 is 0 Å². The summed E-state index contributed by atoms with van der Waals surface area (Å²) in [5.74, 6) is 0. The molecule has 0 aliphatic carbocycles. The largest absolute Gasteiger partial charge is 0.0961 e. The molecule has 11 heavy (non-hydrogen) atoms. The summed E-state index contributed by atoms with van der Waals surface area (Å²) < 4.78 is 0. The van der Waals surface area contributed by atoms with Crippen LogP contribution in [0.2, 0.25) is 0 Å². The van der Waals surface area contributed by atoms with Gasteiger partial charge in [-0.3, -0.25) is 0 Å². The second-order valence-electron chi connectivity index (χ2n) is 2.04. The Hall–Kier alpha value is -0.780. The third-order valence-corrected chi connectivity index (χ3v) is 0.864. The predicted molar refractivity (Wildman–Crippen MR) is 54.7 cm³/mol. The summed E-state index contributed by atoms with van der Waals surface area (Å²) in [6.45, 7) is 11.8. The topological polar surface area (TPSA) is 0 Å². The van der Waals surface area contributed by atoms with Gasteiger partial charge < -0.3 is 0 Å². The summed E-state index contributed by atoms with van der Waals surface area (Å²) in [6, 6.07) is 0. The second-order valence-corrected chi connectivity index (χ2v) is 2.04. The van der Waals surface area contributed by atoms with Crippen LogP contribution < -0.4 is 0 Å². The Kier molecular flexibility index (Phi) is 14.0. The van der Waals surface area contributed by atoms with Crippen LogP contribution in [0, 0.1) is 0 Å². The van der Waals surface area contributed by atoms with Crippen molar-refractivity contribution < 1.29 is 0 Å². The second kappa shape index (κ2) is 12.0. The van der Waals surface area contributed by atoms with E-state index in [1.54, 1.807) is 0 Å². The van der Waals surface area contributed by atoms with Crippen molar-refractivity contribution in [3.63, 3.8) is 0 Å². The van der Waals surface area contributed by atoms with Gasteiger partial charge in [0.15, 0.2) is 0 Å². The SMILES string of the molecule is C=C(C)/C=C\C=C/CC.CC. The normalized spacial score (nSPS) is 9.82. The molecule has 0 radical (unpaired) electrons. The van der Waals surface area contributed by atoms with Gasteiger partial charge in [0.2, 0.25) is 0 Å². The van der Waals surface area contributed by atoms with Gasteiger partial charge in [0.05, 0.1) is 0 Å². The van der Waals surface area contributed by atoms with Crippen LogP contribution in [0.4, 0.5) is 0 Å². The molecule has 0 heterocycles. The monoisotopic (exact) mass is 152 g/mol. The van der Waals surface area contributed by atoms with Crippen molar-refractivity contribution in [3.05, 3.63) is 36.5 Å². The van der Waals surface area contributed by atoms with Gasteiger partial charge in [-0.25, -0.2) is 0 Å². The zero-order valence-corrected chi connectivity index (χ0v) is 8.22. The average molecular weight is 152 g/mol. The molecule has 0 spiro atoms. The highest BCUT2D eigenvalue weighted by molar-refractivity contribution is 5.16. The quantitative estimate of drug-likeness (QED) is 0.534. The highest BCUT2D eigenvalue weighted by atomic mass is 13.7. The Morgan fingerprint density at radius 3 is 2.18 bits per heavy atom. The maximum atomic E-state index is 3.73. The molecule has 0 saturated heterocycles. The summed E-state index contributed by atoms with van der Waals surface area (Å²) in [5, 5.41) is 0. The van der Waals surface area contributed by atoms with Gasteiger partial charge in [0.25, 0.3) is 0 Å². The lowest BCUT2D eigenvalue weighted by molar-refractivity contribution is 1.22. The molecule has 0 aromatic rings. The van der Waals surface area contributed by atoms with E-state index in [1.807, 2.05) is 39.0 Å². The lowest BCUT2D eigenvalue weighted by atomic mass is 10.3. The van der Waals surface area contributed by atoms with Gasteiger partial charge in [0, 0.05) is 0 Å². The molecule has 0 N–H and O–H groups in total. The number of allylic oxidation sites excluding steroid dienone is 5. The van der Waals surface area contributed by atoms with Crippen LogP contribution >= 0.6 is 0 Å². The standard InChI is InChI=1S/C9H14.C2H6/c1-4-5-6-7-8-9(2)3;1-2/h5-8H,2,4H2,1,3H3;1-2H3/b6-5-,8-7-;. The fourth-order valence-corrected chi connectivity index (χ4v) is 0.434. The third kappa shape index (κ3) is 17.6. The lowest BCUT2D eigenvalue weighted by Gasteiger charge is -1.79. The van der Waals surface area contributed by atoms with Crippen LogP contribution in [0.3, 0.4) is 0 Å². The smallest absolute Gasteiger partial charge is 0.0376 e. The maximum Gasteiger partial charge on any atom is -0.0376 e. The molecule has 0 rings (SSSR count). The van der Waals surface area contributed by atoms with E-state index in [1.165, 1.54) is 0 Å². The van der Waals surface area contributed by atoms with Crippen molar-refractivity contribution in [2.45, 2.75) is 34.1 Å². The van der Waals surface area contributed by atoms with E-state index in [0.717, 1.165) is 12.0 Å². The molecule has 0 atom stereocenters. The Balaban J connectivity index is 0. The van der Waals surface area contributed by atoms with Gasteiger partial charge in [-0.05, 0) is 13.3 Å². The van der Waals surface area contributed by atoms with Gasteiger partial charge in [-0.15, -0.1) is 0 Å². The molecule has 0 fully saturated rings. The lowest BCUT2D eigenvalue weighted by Crippen LogP contribution is -1.58. The molecule has 0 bridgehead atoms. The molecule has 0 saturated carbocycles. The minimum Gasteiger partial charge on any atom is -0.0961 e. The van der Waals surface area contributed by atoms with Gasteiger partial charge in [0.1, 0.15) is 0 Å². The van der Waals surface area contributed by atoms with Crippen molar-refractivity contribution >= 4 is 0 Å². The zero-order chi connectivity index (χ0) is 9.11. The Bertz CT molecular complexity index is 127. The van der Waals surface area contributed by atoms with Crippen molar-refractivity contribution in [1.29, 1.82) is 0 Å². The summed E-state index contributed by atoms with van der Waals surface area (Å²) in [4.78, 5) is 0. The molecule has 0 aromatic carbocycles. The summed E-state index contributed by atoms with van der Waals surface area (Å²) in [7, 11) is 0. The number of rotatable bonds is 3. The first kappa shape index (κ1) is 12.9. The third-order valence-electron chi connectivity index (χ3n) is 0.864. The first-order chi connectivity index (χ1) is 5.27. The Morgan fingerprint density at radius 2 is 1.82 bits per heavy atom. The fraction of sp³-hybridized carbons (Fsp3) is 0.455. The summed E-state index contributed by atoms with van der Waals surface area (Å²) >= 11 is 0. The van der Waals surface area contributed by atoms with E-state index in [-0.39, 0.29) is 0 Å². The molecule has 0 aromatic heterocycles. The first-order valence-corrected chi connectivity index (χ1v) is 4.26. The summed E-state index contributed by atoms with van der Waals surface area (Å²) in [6.07, 6.45) is 9.24. The van der Waals surface area contributed by atoms with E-state index in [0.29, 0.717) is 0 Å². The van der Waals surface area contributed by atoms with E-state index in [9.17, 15) is 0 Å². The van der Waals surface area contributed by atoms with Crippen LogP contribution in [0.5, 0.6) is 0 Å². The molecule has 0 aliphatic rings. The van der Waals surface area contributed by atoms with Crippen LogP contribution in [-0.2, 0) is 0 Å². The minimum atomic E-state index is 1.09. The maximum absolute atomic E-state index is 3.73. The highest BCUT2D eigenvalue weighted by Crippen LogP contribution is 1.89. The van der Waals surface area contributed by atoms with Crippen LogP contribution in [0.1, 0.15) is 34.1 Å². The van der Waals surface area contributed by atoms with Crippen LogP contribution in [0.15, 0.2) is 36.5 Å². The van der Waals surface area contributed by atoms with Crippen molar-refractivity contribution in [3.8, 4) is 0 Å². The molecule has 0 nitrogen and oxygen atoms in total. The molecular formula is C11H20. The molecule has 0 unspecified atom stereocenters. The van der Waals surface area contributed by atoms with Gasteiger partial charge in [-0.1, -0.05) is 57.2 Å². The van der Waals surface area contributed by atoms with Crippen molar-refractivity contribution in [2.24, 2.45) is 0 Å². The van der Waals surface area contributed by atoms with Gasteiger partial charge in [-0.2, -0.15) is 0 Å². The number of hydrogen-bond acceptors (Lipinski definition) is 0. The molecular weight excluding hydrogens is 132 g/mol.